The maximum Gasteiger partial charge on any atom is 0.163 e. The van der Waals surface area contributed by atoms with Crippen LogP contribution in [0, 0.1) is 22.7 Å². The first-order chi connectivity index (χ1) is 4.85. The van der Waals surface area contributed by atoms with Crippen molar-refractivity contribution >= 4 is 0 Å². The fourth-order valence-electron chi connectivity index (χ4n) is 0.288. The molecule has 0 saturated carbocycles. The van der Waals surface area contributed by atoms with Gasteiger partial charge in [-0.3, -0.25) is 0 Å². The quantitative estimate of drug-likeness (QED) is 0.334. The highest BCUT2D eigenvalue weighted by Crippen LogP contribution is 1.88. The minimum atomic E-state index is -0.0477. The molecular weight excluding hydrogens is 130 g/mol. The van der Waals surface area contributed by atoms with E-state index in [1.54, 1.807) is 12.1 Å². The molecule has 10 heavy (non-hydrogen) atoms. The number of nitriles is 2. The lowest BCUT2D eigenvalue weighted by molar-refractivity contribution is 0.258. The van der Waals surface area contributed by atoms with Gasteiger partial charge in [0, 0.05) is 6.54 Å². The Labute approximate surface area is 59.1 Å². The summed E-state index contributed by atoms with van der Waals surface area (Å²) in [6, 6.07) is 3.29. The number of nitrogens with zero attached hydrogens (tertiary/aromatic N) is 2. The molecule has 0 aliphatic rings. The number of nitrogens with two attached hydrogens (primary N) is 1. The van der Waals surface area contributed by atoms with Gasteiger partial charge in [0.25, 0.3) is 0 Å². The topological polar surface area (TPSA) is 82.8 Å². The van der Waals surface area contributed by atoms with E-state index in [9.17, 15) is 0 Å². The van der Waals surface area contributed by atoms with Crippen LogP contribution in [0.1, 0.15) is 0 Å². The summed E-state index contributed by atoms with van der Waals surface area (Å²) in [7, 11) is 0. The lowest BCUT2D eigenvalue weighted by atomic mass is 10.4. The Morgan fingerprint density at radius 1 is 1.50 bits per heavy atom. The molecule has 4 heteroatoms. The molecule has 0 aliphatic carbocycles. The van der Waals surface area contributed by atoms with Crippen molar-refractivity contribution in [2.75, 3.05) is 13.2 Å². The number of hydrogen-bond acceptors (Lipinski definition) is 4. The SMILES string of the molecule is N#CC(C#N)=COCCN. The minimum Gasteiger partial charge on any atom is -0.498 e. The number of allylic oxidation sites excluding steroid dienone is 1. The summed E-state index contributed by atoms with van der Waals surface area (Å²) in [5, 5.41) is 16.3. The first-order valence-corrected chi connectivity index (χ1v) is 2.67. The third kappa shape index (κ3) is 3.48. The fourth-order valence-corrected chi connectivity index (χ4v) is 0.288. The highest BCUT2D eigenvalue weighted by molar-refractivity contribution is 5.33. The van der Waals surface area contributed by atoms with Gasteiger partial charge in [0.05, 0.1) is 6.61 Å². The fraction of sp³-hybridized carbons (Fsp3) is 0.333. The second-order valence-corrected chi connectivity index (χ2v) is 1.41. The van der Waals surface area contributed by atoms with Gasteiger partial charge >= 0.3 is 0 Å². The number of rotatable bonds is 3. The molecular formula is C6H7N3O. The average molecular weight is 137 g/mol. The van der Waals surface area contributed by atoms with Gasteiger partial charge in [0.2, 0.25) is 0 Å². The van der Waals surface area contributed by atoms with E-state index in [2.05, 4.69) is 0 Å². The molecule has 0 rings (SSSR count). The summed E-state index contributed by atoms with van der Waals surface area (Å²) >= 11 is 0. The van der Waals surface area contributed by atoms with Crippen LogP contribution in [0.4, 0.5) is 0 Å². The minimum absolute atomic E-state index is 0.0477. The van der Waals surface area contributed by atoms with Gasteiger partial charge in [0.1, 0.15) is 18.4 Å². The summed E-state index contributed by atoms with van der Waals surface area (Å²) in [6.07, 6.45) is 1.10. The lowest BCUT2D eigenvalue weighted by Crippen LogP contribution is -2.05. The third-order valence-electron chi connectivity index (χ3n) is 0.678. The maximum absolute atomic E-state index is 8.17. The van der Waals surface area contributed by atoms with Gasteiger partial charge in [-0.05, 0) is 0 Å². The van der Waals surface area contributed by atoms with E-state index < -0.39 is 0 Å². The highest BCUT2D eigenvalue weighted by atomic mass is 16.5. The van der Waals surface area contributed by atoms with E-state index in [4.69, 9.17) is 21.0 Å². The van der Waals surface area contributed by atoms with Crippen molar-refractivity contribution in [3.8, 4) is 12.1 Å². The molecule has 0 aromatic heterocycles. The Morgan fingerprint density at radius 3 is 2.50 bits per heavy atom. The van der Waals surface area contributed by atoms with Crippen molar-refractivity contribution in [3.05, 3.63) is 11.8 Å². The van der Waals surface area contributed by atoms with Gasteiger partial charge in [-0.15, -0.1) is 0 Å². The Balaban J connectivity index is 3.71. The van der Waals surface area contributed by atoms with Gasteiger partial charge < -0.3 is 10.5 Å². The van der Waals surface area contributed by atoms with Crippen LogP contribution in [0.15, 0.2) is 11.8 Å². The summed E-state index contributed by atoms with van der Waals surface area (Å²) in [6.45, 7) is 0.702. The van der Waals surface area contributed by atoms with Crippen molar-refractivity contribution in [3.63, 3.8) is 0 Å². The van der Waals surface area contributed by atoms with E-state index >= 15 is 0 Å². The molecule has 0 fully saturated rings. The van der Waals surface area contributed by atoms with Crippen molar-refractivity contribution in [1.29, 1.82) is 10.5 Å². The van der Waals surface area contributed by atoms with Crippen LogP contribution in [0.2, 0.25) is 0 Å². The van der Waals surface area contributed by atoms with E-state index in [-0.39, 0.29) is 5.57 Å². The Kier molecular flexibility index (Phi) is 4.76. The van der Waals surface area contributed by atoms with Crippen molar-refractivity contribution in [2.24, 2.45) is 5.73 Å². The Bertz CT molecular complexity index is 180. The van der Waals surface area contributed by atoms with Gasteiger partial charge in [-0.1, -0.05) is 0 Å². The van der Waals surface area contributed by atoms with Crippen molar-refractivity contribution in [2.45, 2.75) is 0 Å². The van der Waals surface area contributed by atoms with Gasteiger partial charge in [0.15, 0.2) is 5.57 Å². The van der Waals surface area contributed by atoms with E-state index in [0.29, 0.717) is 13.2 Å². The molecule has 0 radical (unpaired) electrons. The van der Waals surface area contributed by atoms with E-state index in [1.165, 1.54) is 0 Å². The zero-order valence-electron chi connectivity index (χ0n) is 5.37. The van der Waals surface area contributed by atoms with Crippen LogP contribution in [0.25, 0.3) is 0 Å². The Morgan fingerprint density at radius 2 is 2.10 bits per heavy atom. The zero-order chi connectivity index (χ0) is 7.82. The van der Waals surface area contributed by atoms with E-state index in [0.717, 1.165) is 6.26 Å². The Hall–Kier alpha value is -1.52. The predicted octanol–water partition coefficient (Wildman–Crippen LogP) is -0.107. The van der Waals surface area contributed by atoms with Crippen LogP contribution in [-0.4, -0.2) is 13.2 Å². The molecule has 4 nitrogen and oxygen atoms in total. The number of ether oxygens (including phenoxy) is 1. The molecule has 0 bridgehead atoms. The standard InChI is InChI=1S/C6H7N3O/c7-1-2-10-5-6(3-8)4-9/h5H,1-2,7H2. The second kappa shape index (κ2) is 5.61. The summed E-state index contributed by atoms with van der Waals surface area (Å²) in [4.78, 5) is 0. The van der Waals surface area contributed by atoms with Crippen LogP contribution in [0.3, 0.4) is 0 Å². The molecule has 0 aromatic carbocycles. The van der Waals surface area contributed by atoms with Crippen LogP contribution in [-0.2, 0) is 4.74 Å². The first-order valence-electron chi connectivity index (χ1n) is 2.67. The molecule has 0 amide bonds. The molecule has 0 spiro atoms. The predicted molar refractivity (Wildman–Crippen MR) is 34.3 cm³/mol. The molecule has 0 aliphatic heterocycles. The molecule has 52 valence electrons. The second-order valence-electron chi connectivity index (χ2n) is 1.41. The molecule has 0 atom stereocenters. The monoisotopic (exact) mass is 137 g/mol. The van der Waals surface area contributed by atoms with Crippen LogP contribution >= 0.6 is 0 Å². The smallest absolute Gasteiger partial charge is 0.163 e. The summed E-state index contributed by atoms with van der Waals surface area (Å²) in [5.41, 5.74) is 5.03. The molecule has 0 saturated heterocycles. The molecule has 0 unspecified atom stereocenters. The zero-order valence-corrected chi connectivity index (χ0v) is 5.37. The normalized spacial score (nSPS) is 7.10. The average Bonchev–Trinajstić information content (AvgIpc) is 1.99. The summed E-state index contributed by atoms with van der Waals surface area (Å²) in [5.74, 6) is 0. The third-order valence-corrected chi connectivity index (χ3v) is 0.678. The van der Waals surface area contributed by atoms with Crippen LogP contribution in [0.5, 0.6) is 0 Å². The first kappa shape index (κ1) is 8.48. The lowest BCUT2D eigenvalue weighted by Gasteiger charge is -1.93. The number of hydrogen-bond donors (Lipinski definition) is 1. The maximum atomic E-state index is 8.17. The highest BCUT2D eigenvalue weighted by Gasteiger charge is 1.88. The molecule has 0 aromatic rings. The largest absolute Gasteiger partial charge is 0.498 e. The van der Waals surface area contributed by atoms with Crippen molar-refractivity contribution in [1.82, 2.24) is 0 Å². The van der Waals surface area contributed by atoms with Gasteiger partial charge in [-0.2, -0.15) is 10.5 Å². The molecule has 2 N–H and O–H groups in total. The van der Waals surface area contributed by atoms with Crippen molar-refractivity contribution < 1.29 is 4.74 Å². The summed E-state index contributed by atoms with van der Waals surface area (Å²) < 4.78 is 4.69. The molecule has 0 heterocycles. The van der Waals surface area contributed by atoms with Crippen LogP contribution < -0.4 is 5.73 Å². The van der Waals surface area contributed by atoms with Gasteiger partial charge in [-0.25, -0.2) is 0 Å². The van der Waals surface area contributed by atoms with E-state index in [1.807, 2.05) is 0 Å².